The number of hydrogen-bond acceptors (Lipinski definition) is 1. The van der Waals surface area contributed by atoms with E-state index in [2.05, 4.69) is 6.58 Å². The van der Waals surface area contributed by atoms with Crippen molar-refractivity contribution >= 4 is 0 Å². The third-order valence-electron chi connectivity index (χ3n) is 0.0962. The maximum absolute atomic E-state index is 9.12. The first kappa shape index (κ1) is 3.70. The van der Waals surface area contributed by atoms with Crippen LogP contribution in [0.25, 0.3) is 0 Å². The summed E-state index contributed by atoms with van der Waals surface area (Å²) in [7, 11) is 0. The van der Waals surface area contributed by atoms with Crippen molar-refractivity contribution < 1.29 is 5.11 Å². The van der Waals surface area contributed by atoms with E-state index in [1.807, 2.05) is 0 Å². The van der Waals surface area contributed by atoms with Crippen molar-refractivity contribution in [3.8, 4) is 0 Å². The van der Waals surface area contributed by atoms with Gasteiger partial charge in [0.2, 0.25) is 0 Å². The lowest BCUT2D eigenvalue weighted by molar-refractivity contribution is -0.352. The molecule has 0 fully saturated rings. The Bertz CT molecular complexity index is 17.2. The average Bonchev–Trinajstić information content (AvgIpc) is 1.37. The van der Waals surface area contributed by atoms with Crippen LogP contribution in [0.1, 0.15) is 0 Å². The minimum atomic E-state index is -0.278. The Morgan fingerprint density at radius 3 is 2.25 bits per heavy atom. The number of hydrogen-bond donors (Lipinski definition) is 0. The molecule has 0 radical (unpaired) electrons. The SMILES string of the molecule is [CH-]=CC[O-]. The Kier molecular flexibility index (Phi) is 2.50. The maximum Gasteiger partial charge on any atom is -0.154 e. The molecule has 0 aromatic carbocycles. The lowest BCUT2D eigenvalue weighted by atomic mass is 10.7. The van der Waals surface area contributed by atoms with Crippen molar-refractivity contribution in [2.24, 2.45) is 0 Å². The van der Waals surface area contributed by atoms with Crippen LogP contribution in [0, 0.1) is 6.58 Å². The van der Waals surface area contributed by atoms with Gasteiger partial charge in [0.05, 0.1) is 0 Å². The second-order valence-corrected chi connectivity index (χ2v) is 0.402. The molecule has 0 bridgehead atoms. The lowest BCUT2D eigenvalue weighted by Gasteiger charge is -1.90. The van der Waals surface area contributed by atoms with Crippen molar-refractivity contribution in [3.63, 3.8) is 0 Å². The van der Waals surface area contributed by atoms with Crippen molar-refractivity contribution in [1.29, 1.82) is 0 Å². The van der Waals surface area contributed by atoms with Crippen LogP contribution in [0.3, 0.4) is 0 Å². The van der Waals surface area contributed by atoms with E-state index in [0.717, 1.165) is 6.08 Å². The van der Waals surface area contributed by atoms with Crippen LogP contribution in [-0.4, -0.2) is 6.61 Å². The molecule has 0 spiro atoms. The van der Waals surface area contributed by atoms with E-state index in [0.29, 0.717) is 0 Å². The first-order valence-corrected chi connectivity index (χ1v) is 1.03. The van der Waals surface area contributed by atoms with Gasteiger partial charge in [-0.3, -0.25) is 6.08 Å². The van der Waals surface area contributed by atoms with Gasteiger partial charge in [0.1, 0.15) is 0 Å². The second kappa shape index (κ2) is 2.70. The zero-order valence-corrected chi connectivity index (χ0v) is 2.27. The third-order valence-corrected chi connectivity index (χ3v) is 0.0962. The molecule has 4 heavy (non-hydrogen) atoms. The summed E-state index contributed by atoms with van der Waals surface area (Å²) in [6.07, 6.45) is 1.07. The highest BCUT2D eigenvalue weighted by Gasteiger charge is 1.18. The zero-order valence-electron chi connectivity index (χ0n) is 2.27. The molecule has 0 aliphatic rings. The van der Waals surface area contributed by atoms with Crippen LogP contribution in [0.5, 0.6) is 0 Å². The van der Waals surface area contributed by atoms with E-state index in [1.165, 1.54) is 0 Å². The van der Waals surface area contributed by atoms with E-state index < -0.39 is 0 Å². The van der Waals surface area contributed by atoms with Crippen LogP contribution in [0.4, 0.5) is 0 Å². The molecular weight excluding hydrogens is 52.0 g/mol. The van der Waals surface area contributed by atoms with E-state index >= 15 is 0 Å². The largest absolute Gasteiger partial charge is 0.853 e. The molecule has 24 valence electrons. The standard InChI is InChI=1S/C3H4O/c1-2-3-4/h1-2H,3H2/q-2. The highest BCUT2D eigenvalue weighted by Crippen LogP contribution is 1.38. The lowest BCUT2D eigenvalue weighted by Crippen LogP contribution is -1.99. The summed E-state index contributed by atoms with van der Waals surface area (Å²) in [4.78, 5) is 0. The Hall–Kier alpha value is -0.300. The fourth-order valence-corrected chi connectivity index (χ4v) is 0. The van der Waals surface area contributed by atoms with Gasteiger partial charge in [-0.15, -0.1) is 0 Å². The van der Waals surface area contributed by atoms with Gasteiger partial charge in [-0.2, -0.15) is 6.61 Å². The first-order valence-electron chi connectivity index (χ1n) is 1.03. The highest BCUT2D eigenvalue weighted by atomic mass is 16.2. The summed E-state index contributed by atoms with van der Waals surface area (Å²) in [5.74, 6) is 0. The maximum atomic E-state index is 9.12. The van der Waals surface area contributed by atoms with Crippen molar-refractivity contribution in [2.45, 2.75) is 0 Å². The summed E-state index contributed by atoms with van der Waals surface area (Å²) >= 11 is 0. The molecule has 0 N–H and O–H groups in total. The smallest absolute Gasteiger partial charge is 0.154 e. The predicted molar refractivity (Wildman–Crippen MR) is 13.7 cm³/mol. The van der Waals surface area contributed by atoms with Crippen LogP contribution < -0.4 is 5.11 Å². The van der Waals surface area contributed by atoms with Crippen LogP contribution in [-0.2, 0) is 0 Å². The molecule has 0 rings (SSSR count). The molecule has 0 amide bonds. The van der Waals surface area contributed by atoms with Gasteiger partial charge in [-0.05, 0) is 0 Å². The fraction of sp³-hybridized carbons (Fsp3) is 0.333. The summed E-state index contributed by atoms with van der Waals surface area (Å²) in [6.45, 7) is 4.31. The van der Waals surface area contributed by atoms with Gasteiger partial charge in [0.15, 0.2) is 0 Å². The molecular formula is C3H4O-2. The molecule has 0 saturated carbocycles. The summed E-state index contributed by atoms with van der Waals surface area (Å²) in [5, 5.41) is 9.12. The molecule has 1 heteroatoms. The summed E-state index contributed by atoms with van der Waals surface area (Å²) in [6, 6.07) is 0. The quantitative estimate of drug-likeness (QED) is 0.365. The first-order chi connectivity index (χ1) is 1.91. The molecule has 0 aliphatic carbocycles. The van der Waals surface area contributed by atoms with Gasteiger partial charge < -0.3 is 11.7 Å². The van der Waals surface area contributed by atoms with E-state index in [-0.39, 0.29) is 6.61 Å². The minimum absolute atomic E-state index is 0.278. The fourth-order valence-electron chi connectivity index (χ4n) is 0. The Balaban J connectivity index is 2.30. The number of rotatable bonds is 1. The average molecular weight is 56.1 g/mol. The normalized spacial score (nSPS) is 6.25. The van der Waals surface area contributed by atoms with Crippen molar-refractivity contribution in [3.05, 3.63) is 12.7 Å². The molecule has 1 nitrogen and oxygen atoms in total. The van der Waals surface area contributed by atoms with Gasteiger partial charge in [-0.1, -0.05) is 0 Å². The third kappa shape index (κ3) is 1.70. The molecule has 0 aromatic heterocycles. The van der Waals surface area contributed by atoms with Crippen LogP contribution in [0.2, 0.25) is 0 Å². The topological polar surface area (TPSA) is 23.1 Å². The molecule has 0 unspecified atom stereocenters. The predicted octanol–water partition coefficient (Wildman–Crippen LogP) is -0.664. The highest BCUT2D eigenvalue weighted by molar-refractivity contribution is 4.54. The zero-order chi connectivity index (χ0) is 3.41. The molecule has 0 aliphatic heterocycles. The second-order valence-electron chi connectivity index (χ2n) is 0.402. The van der Waals surface area contributed by atoms with E-state index in [4.69, 9.17) is 5.11 Å². The van der Waals surface area contributed by atoms with Crippen molar-refractivity contribution in [2.75, 3.05) is 6.61 Å². The van der Waals surface area contributed by atoms with E-state index in [9.17, 15) is 0 Å². The van der Waals surface area contributed by atoms with Crippen molar-refractivity contribution in [1.82, 2.24) is 0 Å². The van der Waals surface area contributed by atoms with Crippen LogP contribution >= 0.6 is 0 Å². The van der Waals surface area contributed by atoms with Crippen LogP contribution in [0.15, 0.2) is 6.08 Å². The van der Waals surface area contributed by atoms with E-state index in [1.54, 1.807) is 0 Å². The molecule has 0 aromatic rings. The van der Waals surface area contributed by atoms with Gasteiger partial charge in [-0.25, -0.2) is 0 Å². The molecule has 0 atom stereocenters. The molecule has 0 saturated heterocycles. The Labute approximate surface area is 25.6 Å². The summed E-state index contributed by atoms with van der Waals surface area (Å²) < 4.78 is 0. The Morgan fingerprint density at radius 2 is 2.25 bits per heavy atom. The minimum Gasteiger partial charge on any atom is -0.853 e. The summed E-state index contributed by atoms with van der Waals surface area (Å²) in [5.41, 5.74) is 0. The van der Waals surface area contributed by atoms with Gasteiger partial charge in [0.25, 0.3) is 0 Å². The monoisotopic (exact) mass is 56.0 g/mol. The van der Waals surface area contributed by atoms with Gasteiger partial charge in [0, 0.05) is 0 Å². The van der Waals surface area contributed by atoms with Gasteiger partial charge >= 0.3 is 0 Å². The Morgan fingerprint density at radius 1 is 2.00 bits per heavy atom. The molecule has 0 heterocycles.